The molecule has 1 aliphatic heterocycles. The number of likely N-dealkylation sites (tertiary alicyclic amines) is 1. The van der Waals surface area contributed by atoms with Crippen molar-refractivity contribution in [2.45, 2.75) is 46.1 Å². The molecule has 0 radical (unpaired) electrons. The first kappa shape index (κ1) is 15.5. The van der Waals surface area contributed by atoms with Crippen LogP contribution in [0.25, 0.3) is 0 Å². The molecule has 2 heterocycles. The highest BCUT2D eigenvalue weighted by Gasteiger charge is 2.31. The second-order valence-electron chi connectivity index (χ2n) is 6.72. The van der Waals surface area contributed by atoms with Crippen LogP contribution in [0.15, 0.2) is 17.5 Å². The minimum Gasteiger partial charge on any atom is -0.352 e. The molecule has 3 nitrogen and oxygen atoms in total. The molecule has 112 valence electrons. The molecule has 2 unspecified atom stereocenters. The van der Waals surface area contributed by atoms with Gasteiger partial charge in [0.05, 0.1) is 0 Å². The Labute approximate surface area is 126 Å². The zero-order valence-corrected chi connectivity index (χ0v) is 13.8. The number of thiophene rings is 1. The van der Waals surface area contributed by atoms with Gasteiger partial charge in [0.15, 0.2) is 0 Å². The van der Waals surface area contributed by atoms with Crippen LogP contribution in [0.4, 0.5) is 0 Å². The van der Waals surface area contributed by atoms with E-state index in [1.165, 1.54) is 4.88 Å². The molecule has 0 bridgehead atoms. The molecule has 0 aromatic carbocycles. The predicted octanol–water partition coefficient (Wildman–Crippen LogP) is 3.09. The van der Waals surface area contributed by atoms with E-state index in [0.29, 0.717) is 5.92 Å². The molecule has 1 N–H and O–H groups in total. The van der Waals surface area contributed by atoms with Crippen LogP contribution in [0.3, 0.4) is 0 Å². The monoisotopic (exact) mass is 294 g/mol. The van der Waals surface area contributed by atoms with Crippen LogP contribution in [-0.2, 0) is 4.79 Å². The topological polar surface area (TPSA) is 32.3 Å². The molecule has 20 heavy (non-hydrogen) atoms. The van der Waals surface area contributed by atoms with Gasteiger partial charge in [0.25, 0.3) is 0 Å². The van der Waals surface area contributed by atoms with Crippen molar-refractivity contribution < 1.29 is 4.79 Å². The third-order valence-corrected chi connectivity index (χ3v) is 4.97. The molecule has 0 spiro atoms. The summed E-state index contributed by atoms with van der Waals surface area (Å²) in [5.74, 6) is 0.708. The fraction of sp³-hybridized carbons (Fsp3) is 0.688. The number of hydrogen-bond acceptors (Lipinski definition) is 3. The summed E-state index contributed by atoms with van der Waals surface area (Å²) in [5, 5.41) is 5.38. The smallest absolute Gasteiger partial charge is 0.225 e. The van der Waals surface area contributed by atoms with E-state index < -0.39 is 0 Å². The molecule has 0 saturated carbocycles. The standard InChI is InChI=1S/C16H26N2OS/c1-5-18-10-12(14-7-6-8-20-14)9-13(11-18)17-15(19)16(2,3)4/h6-8,12-13H,5,9-11H2,1-4H3,(H,17,19). The second-order valence-corrected chi connectivity index (χ2v) is 7.70. The fourth-order valence-corrected chi connectivity index (χ4v) is 3.52. The molecule has 1 aromatic heterocycles. The van der Waals surface area contributed by atoms with Crippen molar-refractivity contribution >= 4 is 17.2 Å². The van der Waals surface area contributed by atoms with Gasteiger partial charge in [-0.25, -0.2) is 0 Å². The Bertz CT molecular complexity index is 436. The maximum absolute atomic E-state index is 12.2. The van der Waals surface area contributed by atoms with Crippen LogP contribution in [0, 0.1) is 5.41 Å². The molecular weight excluding hydrogens is 268 g/mol. The minimum absolute atomic E-state index is 0.158. The van der Waals surface area contributed by atoms with Gasteiger partial charge in [-0.3, -0.25) is 4.79 Å². The third kappa shape index (κ3) is 3.83. The van der Waals surface area contributed by atoms with E-state index in [4.69, 9.17) is 0 Å². The molecule has 1 amide bonds. The number of nitrogens with zero attached hydrogens (tertiary/aromatic N) is 1. The first-order valence-corrected chi connectivity index (χ1v) is 8.35. The largest absolute Gasteiger partial charge is 0.352 e. The predicted molar refractivity (Wildman–Crippen MR) is 85.2 cm³/mol. The van der Waals surface area contributed by atoms with Gasteiger partial charge in [0.1, 0.15) is 0 Å². The van der Waals surface area contributed by atoms with Crippen molar-refractivity contribution in [1.82, 2.24) is 10.2 Å². The van der Waals surface area contributed by atoms with Crippen LogP contribution in [0.1, 0.15) is 44.9 Å². The van der Waals surface area contributed by atoms with Crippen molar-refractivity contribution in [3.63, 3.8) is 0 Å². The second kappa shape index (κ2) is 6.27. The summed E-state index contributed by atoms with van der Waals surface area (Å²) >= 11 is 1.83. The molecular formula is C16H26N2OS. The Kier molecular flexibility index (Phi) is 4.86. The highest BCUT2D eigenvalue weighted by Crippen LogP contribution is 2.30. The summed E-state index contributed by atoms with van der Waals surface area (Å²) in [6.45, 7) is 11.2. The Morgan fingerprint density at radius 1 is 1.45 bits per heavy atom. The normalized spacial score (nSPS) is 24.6. The molecule has 2 atom stereocenters. The Morgan fingerprint density at radius 2 is 2.20 bits per heavy atom. The first-order chi connectivity index (χ1) is 9.40. The maximum atomic E-state index is 12.2. The number of rotatable bonds is 3. The molecule has 1 saturated heterocycles. The average Bonchev–Trinajstić information content (AvgIpc) is 2.91. The lowest BCUT2D eigenvalue weighted by Crippen LogP contribution is -2.52. The van der Waals surface area contributed by atoms with Gasteiger partial charge in [-0.1, -0.05) is 33.8 Å². The van der Waals surface area contributed by atoms with Gasteiger partial charge in [-0.2, -0.15) is 0 Å². The number of amides is 1. The van der Waals surface area contributed by atoms with Gasteiger partial charge in [-0.05, 0) is 24.4 Å². The lowest BCUT2D eigenvalue weighted by atomic mass is 9.90. The zero-order chi connectivity index (χ0) is 14.8. The van der Waals surface area contributed by atoms with Gasteiger partial charge in [0, 0.05) is 35.3 Å². The summed E-state index contributed by atoms with van der Waals surface area (Å²) < 4.78 is 0. The number of nitrogens with one attached hydrogen (secondary N) is 1. The minimum atomic E-state index is -0.313. The Balaban J connectivity index is 2.04. The van der Waals surface area contributed by atoms with E-state index in [2.05, 4.69) is 34.7 Å². The SMILES string of the molecule is CCN1CC(NC(=O)C(C)(C)C)CC(c2cccs2)C1. The summed E-state index contributed by atoms with van der Waals surface area (Å²) in [7, 11) is 0. The van der Waals surface area contributed by atoms with Crippen molar-refractivity contribution in [2.75, 3.05) is 19.6 Å². The Hall–Kier alpha value is -0.870. The highest BCUT2D eigenvalue weighted by molar-refractivity contribution is 7.10. The molecule has 4 heteroatoms. The molecule has 1 aromatic rings. The van der Waals surface area contributed by atoms with E-state index in [9.17, 15) is 4.79 Å². The summed E-state index contributed by atoms with van der Waals surface area (Å²) in [6, 6.07) is 4.60. The third-order valence-electron chi connectivity index (χ3n) is 3.94. The van der Waals surface area contributed by atoms with Crippen LogP contribution in [0.2, 0.25) is 0 Å². The van der Waals surface area contributed by atoms with Crippen LogP contribution in [-0.4, -0.2) is 36.5 Å². The zero-order valence-electron chi connectivity index (χ0n) is 13.0. The van der Waals surface area contributed by atoms with Crippen molar-refractivity contribution in [3.8, 4) is 0 Å². The summed E-state index contributed by atoms with van der Waals surface area (Å²) in [5.41, 5.74) is -0.313. The quantitative estimate of drug-likeness (QED) is 0.929. The van der Waals surface area contributed by atoms with Gasteiger partial charge in [-0.15, -0.1) is 11.3 Å². The molecule has 1 fully saturated rings. The fourth-order valence-electron chi connectivity index (χ4n) is 2.68. The van der Waals surface area contributed by atoms with Crippen molar-refractivity contribution in [1.29, 1.82) is 0 Å². The molecule has 0 aliphatic carbocycles. The van der Waals surface area contributed by atoms with E-state index in [1.54, 1.807) is 0 Å². The summed E-state index contributed by atoms with van der Waals surface area (Å²) in [4.78, 5) is 16.1. The lowest BCUT2D eigenvalue weighted by Gasteiger charge is -2.38. The van der Waals surface area contributed by atoms with Crippen LogP contribution < -0.4 is 5.32 Å². The first-order valence-electron chi connectivity index (χ1n) is 7.47. The maximum Gasteiger partial charge on any atom is 0.225 e. The number of carbonyl (C=O) groups is 1. The number of carbonyl (C=O) groups excluding carboxylic acids is 1. The van der Waals surface area contributed by atoms with E-state index in [1.807, 2.05) is 32.1 Å². The number of piperidine rings is 1. The number of likely N-dealkylation sites (N-methyl/N-ethyl adjacent to an activating group) is 1. The van der Waals surface area contributed by atoms with E-state index >= 15 is 0 Å². The van der Waals surface area contributed by atoms with Crippen molar-refractivity contribution in [3.05, 3.63) is 22.4 Å². The lowest BCUT2D eigenvalue weighted by molar-refractivity contribution is -0.129. The average molecular weight is 294 g/mol. The highest BCUT2D eigenvalue weighted by atomic mass is 32.1. The number of hydrogen-bond donors (Lipinski definition) is 1. The van der Waals surface area contributed by atoms with E-state index in [-0.39, 0.29) is 17.4 Å². The molecule has 1 aliphatic rings. The van der Waals surface area contributed by atoms with Crippen LogP contribution >= 0.6 is 11.3 Å². The molecule has 2 rings (SSSR count). The van der Waals surface area contributed by atoms with Crippen molar-refractivity contribution in [2.24, 2.45) is 5.41 Å². The van der Waals surface area contributed by atoms with Gasteiger partial charge in [0.2, 0.25) is 5.91 Å². The van der Waals surface area contributed by atoms with E-state index in [0.717, 1.165) is 26.1 Å². The Morgan fingerprint density at radius 3 is 2.75 bits per heavy atom. The van der Waals surface area contributed by atoms with Gasteiger partial charge >= 0.3 is 0 Å². The van der Waals surface area contributed by atoms with Gasteiger partial charge < -0.3 is 10.2 Å². The van der Waals surface area contributed by atoms with Crippen LogP contribution in [0.5, 0.6) is 0 Å². The summed E-state index contributed by atoms with van der Waals surface area (Å²) in [6.07, 6.45) is 1.05.